The lowest BCUT2D eigenvalue weighted by molar-refractivity contribution is 0.0585. The fraction of sp³-hybridized carbons (Fsp3) is 0.320. The molecule has 32 heavy (non-hydrogen) atoms. The summed E-state index contributed by atoms with van der Waals surface area (Å²) in [5.41, 5.74) is 5.86. The summed E-state index contributed by atoms with van der Waals surface area (Å²) in [5, 5.41) is 5.26. The summed E-state index contributed by atoms with van der Waals surface area (Å²) >= 11 is 1.61. The highest BCUT2D eigenvalue weighted by molar-refractivity contribution is 7.20. The smallest absolute Gasteiger partial charge is 0.274 e. The normalized spacial score (nSPS) is 14.8. The minimum absolute atomic E-state index is 0.0202. The first kappa shape index (κ1) is 20.7. The van der Waals surface area contributed by atoms with Crippen LogP contribution in [0.3, 0.4) is 0 Å². The van der Waals surface area contributed by atoms with E-state index in [0.717, 1.165) is 34.8 Å². The molecule has 7 heteroatoms. The second-order valence-corrected chi connectivity index (χ2v) is 9.33. The number of carbonyl (C=O) groups is 1. The molecule has 0 atom stereocenters. The van der Waals surface area contributed by atoms with Crippen LogP contribution in [-0.4, -0.2) is 44.8 Å². The molecular weight excluding hydrogens is 420 g/mol. The number of piperidine rings is 1. The highest BCUT2D eigenvalue weighted by Crippen LogP contribution is 2.33. The van der Waals surface area contributed by atoms with E-state index < -0.39 is 0 Å². The summed E-state index contributed by atoms with van der Waals surface area (Å²) in [6, 6.07) is 16.1. The van der Waals surface area contributed by atoms with Crippen LogP contribution in [-0.2, 0) is 7.05 Å². The lowest BCUT2D eigenvalue weighted by atomic mass is 10.1. The Morgan fingerprint density at radius 3 is 2.50 bits per heavy atom. The molecule has 0 spiro atoms. The summed E-state index contributed by atoms with van der Waals surface area (Å²) in [7, 11) is 1.83. The molecule has 1 amide bonds. The monoisotopic (exact) mass is 446 g/mol. The first-order valence-corrected chi connectivity index (χ1v) is 11.7. The molecule has 2 aromatic carbocycles. The van der Waals surface area contributed by atoms with Crippen LogP contribution in [0.2, 0.25) is 0 Å². The molecule has 1 aliphatic rings. The van der Waals surface area contributed by atoms with Crippen LogP contribution in [0.15, 0.2) is 48.5 Å². The van der Waals surface area contributed by atoms with E-state index in [1.165, 1.54) is 15.8 Å². The van der Waals surface area contributed by atoms with Gasteiger partial charge in [0.2, 0.25) is 0 Å². The van der Waals surface area contributed by atoms with Crippen LogP contribution < -0.4 is 4.74 Å². The summed E-state index contributed by atoms with van der Waals surface area (Å²) < 4.78 is 9.09. The number of hydrogen-bond donors (Lipinski definition) is 0. The number of hydrogen-bond acceptors (Lipinski definition) is 5. The Morgan fingerprint density at radius 1 is 1.06 bits per heavy atom. The maximum absolute atomic E-state index is 13.1. The SMILES string of the molecule is Cc1ccc(C)c2sc(OC3CCN(C(=O)c4cc(-c5ccccc5)nn4C)CC3)nc12. The predicted octanol–water partition coefficient (Wildman–Crippen LogP) is 5.00. The van der Waals surface area contributed by atoms with Crippen LogP contribution >= 0.6 is 11.3 Å². The summed E-state index contributed by atoms with van der Waals surface area (Å²) in [5.74, 6) is 0.0202. The number of nitrogens with zero attached hydrogens (tertiary/aromatic N) is 4. The van der Waals surface area contributed by atoms with Gasteiger partial charge in [-0.05, 0) is 31.0 Å². The molecule has 5 rings (SSSR count). The van der Waals surface area contributed by atoms with Crippen molar-refractivity contribution in [2.75, 3.05) is 13.1 Å². The summed E-state index contributed by atoms with van der Waals surface area (Å²) in [6.07, 6.45) is 1.66. The molecule has 0 N–H and O–H groups in total. The lowest BCUT2D eigenvalue weighted by Crippen LogP contribution is -2.42. The molecule has 3 heterocycles. The maximum atomic E-state index is 13.1. The number of likely N-dealkylation sites (tertiary alicyclic amines) is 1. The molecule has 6 nitrogen and oxygen atoms in total. The number of benzene rings is 2. The van der Waals surface area contributed by atoms with Gasteiger partial charge in [0.1, 0.15) is 11.8 Å². The van der Waals surface area contributed by atoms with Gasteiger partial charge in [0.15, 0.2) is 0 Å². The Bertz CT molecular complexity index is 1230. The van der Waals surface area contributed by atoms with Crippen LogP contribution in [0.25, 0.3) is 21.5 Å². The number of aryl methyl sites for hydroxylation is 3. The molecule has 1 aliphatic heterocycles. The molecule has 2 aromatic heterocycles. The van der Waals surface area contributed by atoms with Gasteiger partial charge in [-0.15, -0.1) is 0 Å². The number of aromatic nitrogens is 3. The average Bonchev–Trinajstić information content (AvgIpc) is 3.41. The van der Waals surface area contributed by atoms with Gasteiger partial charge in [0.25, 0.3) is 11.1 Å². The zero-order valence-corrected chi connectivity index (χ0v) is 19.4. The zero-order valence-electron chi connectivity index (χ0n) is 18.5. The highest BCUT2D eigenvalue weighted by Gasteiger charge is 2.27. The van der Waals surface area contributed by atoms with Crippen molar-refractivity contribution in [3.8, 4) is 16.5 Å². The van der Waals surface area contributed by atoms with Gasteiger partial charge in [-0.2, -0.15) is 5.10 Å². The van der Waals surface area contributed by atoms with E-state index in [-0.39, 0.29) is 12.0 Å². The van der Waals surface area contributed by atoms with Crippen molar-refractivity contribution >= 4 is 27.5 Å². The van der Waals surface area contributed by atoms with Gasteiger partial charge in [-0.3, -0.25) is 9.48 Å². The average molecular weight is 447 g/mol. The number of amides is 1. The van der Waals surface area contributed by atoms with E-state index >= 15 is 0 Å². The lowest BCUT2D eigenvalue weighted by Gasteiger charge is -2.31. The number of fused-ring (bicyclic) bond motifs is 1. The molecule has 1 fully saturated rings. The third kappa shape index (κ3) is 3.88. The molecule has 164 valence electrons. The number of ether oxygens (including phenoxy) is 1. The zero-order chi connectivity index (χ0) is 22.2. The van der Waals surface area contributed by atoms with Crippen molar-refractivity contribution in [2.45, 2.75) is 32.8 Å². The Kier molecular flexibility index (Phi) is 5.43. The standard InChI is InChI=1S/C25H26N4O2S/c1-16-9-10-17(2)23-22(16)26-25(32-23)31-19-11-13-29(14-12-19)24(30)21-15-20(27-28(21)3)18-7-5-4-6-8-18/h4-10,15,19H,11-14H2,1-3H3. The van der Waals surface area contributed by atoms with Gasteiger partial charge in [0.05, 0.1) is 15.9 Å². The summed E-state index contributed by atoms with van der Waals surface area (Å²) in [4.78, 5) is 19.8. The molecule has 0 aliphatic carbocycles. The molecule has 0 radical (unpaired) electrons. The van der Waals surface area contributed by atoms with E-state index in [9.17, 15) is 4.79 Å². The Morgan fingerprint density at radius 2 is 1.78 bits per heavy atom. The minimum atomic E-state index is 0.0202. The Hall–Kier alpha value is -3.19. The van der Waals surface area contributed by atoms with Crippen molar-refractivity contribution < 1.29 is 9.53 Å². The first-order chi connectivity index (χ1) is 15.5. The molecule has 0 bridgehead atoms. The largest absolute Gasteiger partial charge is 0.467 e. The van der Waals surface area contributed by atoms with Crippen molar-refractivity contribution in [3.05, 3.63) is 65.4 Å². The molecule has 4 aromatic rings. The molecule has 1 saturated heterocycles. The topological polar surface area (TPSA) is 60.2 Å². The molecule has 0 unspecified atom stereocenters. The van der Waals surface area contributed by atoms with Crippen LogP contribution in [0.4, 0.5) is 0 Å². The van der Waals surface area contributed by atoms with E-state index in [1.54, 1.807) is 16.0 Å². The van der Waals surface area contributed by atoms with E-state index in [4.69, 9.17) is 9.72 Å². The number of rotatable bonds is 4. The number of carbonyl (C=O) groups excluding carboxylic acids is 1. The van der Waals surface area contributed by atoms with Crippen molar-refractivity contribution in [3.63, 3.8) is 0 Å². The van der Waals surface area contributed by atoms with Crippen LogP contribution in [0.1, 0.15) is 34.5 Å². The Labute approximate surface area is 191 Å². The molecule has 0 saturated carbocycles. The van der Waals surface area contributed by atoms with Gasteiger partial charge in [-0.25, -0.2) is 4.98 Å². The minimum Gasteiger partial charge on any atom is -0.467 e. The summed E-state index contributed by atoms with van der Waals surface area (Å²) in [6.45, 7) is 5.52. The third-order valence-electron chi connectivity index (χ3n) is 6.09. The third-order valence-corrected chi connectivity index (χ3v) is 7.17. The van der Waals surface area contributed by atoms with Crippen molar-refractivity contribution in [2.24, 2.45) is 7.05 Å². The Balaban J connectivity index is 1.24. The van der Waals surface area contributed by atoms with Crippen LogP contribution in [0.5, 0.6) is 5.19 Å². The quantitative estimate of drug-likeness (QED) is 0.443. The maximum Gasteiger partial charge on any atom is 0.274 e. The van der Waals surface area contributed by atoms with Crippen LogP contribution in [0, 0.1) is 13.8 Å². The fourth-order valence-corrected chi connectivity index (χ4v) is 5.22. The molecular formula is C25H26N4O2S. The van der Waals surface area contributed by atoms with E-state index in [1.807, 2.05) is 48.3 Å². The second kappa shape index (κ2) is 8.39. The predicted molar refractivity (Wildman–Crippen MR) is 127 cm³/mol. The van der Waals surface area contributed by atoms with E-state index in [2.05, 4.69) is 31.1 Å². The van der Waals surface area contributed by atoms with Gasteiger partial charge >= 0.3 is 0 Å². The van der Waals surface area contributed by atoms with Crippen molar-refractivity contribution in [1.82, 2.24) is 19.7 Å². The van der Waals surface area contributed by atoms with E-state index in [0.29, 0.717) is 18.8 Å². The number of thiazole rings is 1. The van der Waals surface area contributed by atoms with Gasteiger partial charge < -0.3 is 9.64 Å². The second-order valence-electron chi connectivity index (χ2n) is 8.37. The highest BCUT2D eigenvalue weighted by atomic mass is 32.1. The van der Waals surface area contributed by atoms with Gasteiger partial charge in [-0.1, -0.05) is 53.8 Å². The van der Waals surface area contributed by atoms with Gasteiger partial charge in [0, 0.05) is 38.5 Å². The fourth-order valence-electron chi connectivity index (χ4n) is 4.19. The van der Waals surface area contributed by atoms with Crippen molar-refractivity contribution in [1.29, 1.82) is 0 Å². The first-order valence-electron chi connectivity index (χ1n) is 10.9.